The molecule has 2 aromatic carbocycles. The molecule has 1 N–H and O–H groups in total. The van der Waals surface area contributed by atoms with Crippen molar-refractivity contribution in [1.82, 2.24) is 4.90 Å². The molecule has 0 atom stereocenters. The van der Waals surface area contributed by atoms with Crippen LogP contribution < -0.4 is 5.32 Å². The maximum atomic E-state index is 12.1. The molecule has 1 heterocycles. The highest BCUT2D eigenvalue weighted by Crippen LogP contribution is 2.21. The fourth-order valence-electron chi connectivity index (χ4n) is 3.57. The predicted molar refractivity (Wildman–Crippen MR) is 104 cm³/mol. The van der Waals surface area contributed by atoms with Crippen LogP contribution >= 0.6 is 0 Å². The summed E-state index contributed by atoms with van der Waals surface area (Å²) in [4.78, 5) is 14.6. The van der Waals surface area contributed by atoms with Crippen LogP contribution in [0.1, 0.15) is 30.4 Å². The van der Waals surface area contributed by atoms with Crippen LogP contribution in [0.3, 0.4) is 0 Å². The number of rotatable bonds is 6. The van der Waals surface area contributed by atoms with E-state index in [0.29, 0.717) is 6.42 Å². The normalized spacial score (nSPS) is 15.9. The van der Waals surface area contributed by atoms with Gasteiger partial charge in [0.1, 0.15) is 0 Å². The van der Waals surface area contributed by atoms with E-state index in [0.717, 1.165) is 31.2 Å². The minimum atomic E-state index is 0.108. The van der Waals surface area contributed by atoms with Crippen molar-refractivity contribution in [2.24, 2.45) is 5.92 Å². The number of likely N-dealkylation sites (tertiary alicyclic amines) is 1. The molecule has 0 aliphatic carbocycles. The average Bonchev–Trinajstić information content (AvgIpc) is 2.62. The number of nitrogens with one attached hydrogen (secondary N) is 1. The molecule has 3 heteroatoms. The SMILES string of the molecule is Cc1cccc(NC(=O)CCN2CCC(Cc3ccccc3)CC2)c1. The molecule has 1 aliphatic rings. The van der Waals surface area contributed by atoms with Gasteiger partial charge < -0.3 is 10.2 Å². The summed E-state index contributed by atoms with van der Waals surface area (Å²) in [6.07, 6.45) is 4.21. The number of amides is 1. The van der Waals surface area contributed by atoms with Gasteiger partial charge in [0.15, 0.2) is 0 Å². The molecule has 132 valence electrons. The van der Waals surface area contributed by atoms with Crippen molar-refractivity contribution < 1.29 is 4.79 Å². The molecule has 3 rings (SSSR count). The molecule has 25 heavy (non-hydrogen) atoms. The molecular weight excluding hydrogens is 308 g/mol. The molecule has 0 unspecified atom stereocenters. The summed E-state index contributed by atoms with van der Waals surface area (Å²) in [5, 5.41) is 3.00. The van der Waals surface area contributed by atoms with Crippen LogP contribution in [0.15, 0.2) is 54.6 Å². The Hall–Kier alpha value is -2.13. The largest absolute Gasteiger partial charge is 0.326 e. The van der Waals surface area contributed by atoms with E-state index < -0.39 is 0 Å². The molecule has 1 saturated heterocycles. The second-order valence-electron chi connectivity index (χ2n) is 7.14. The lowest BCUT2D eigenvalue weighted by Gasteiger charge is -2.31. The van der Waals surface area contributed by atoms with E-state index in [-0.39, 0.29) is 5.91 Å². The van der Waals surface area contributed by atoms with Crippen molar-refractivity contribution >= 4 is 11.6 Å². The topological polar surface area (TPSA) is 32.3 Å². The fourth-order valence-corrected chi connectivity index (χ4v) is 3.57. The zero-order valence-corrected chi connectivity index (χ0v) is 15.1. The molecule has 3 nitrogen and oxygen atoms in total. The van der Waals surface area contributed by atoms with Gasteiger partial charge in [0.05, 0.1) is 0 Å². The van der Waals surface area contributed by atoms with Crippen LogP contribution in [-0.4, -0.2) is 30.4 Å². The van der Waals surface area contributed by atoms with Crippen molar-refractivity contribution in [1.29, 1.82) is 0 Å². The zero-order valence-electron chi connectivity index (χ0n) is 15.1. The molecule has 0 saturated carbocycles. The second-order valence-corrected chi connectivity index (χ2v) is 7.14. The van der Waals surface area contributed by atoms with Gasteiger partial charge in [0.25, 0.3) is 0 Å². The van der Waals surface area contributed by atoms with E-state index in [2.05, 4.69) is 40.5 Å². The van der Waals surface area contributed by atoms with Gasteiger partial charge in [-0.3, -0.25) is 4.79 Å². The van der Waals surface area contributed by atoms with Crippen LogP contribution in [0.4, 0.5) is 5.69 Å². The third kappa shape index (κ3) is 5.71. The molecule has 1 fully saturated rings. The van der Waals surface area contributed by atoms with Crippen molar-refractivity contribution in [3.05, 3.63) is 65.7 Å². The number of aryl methyl sites for hydroxylation is 1. The van der Waals surface area contributed by atoms with Crippen molar-refractivity contribution in [2.75, 3.05) is 25.0 Å². The van der Waals surface area contributed by atoms with Gasteiger partial charge >= 0.3 is 0 Å². The number of carbonyl (C=O) groups is 1. The third-order valence-corrected chi connectivity index (χ3v) is 5.03. The van der Waals surface area contributed by atoms with Gasteiger partial charge in [0, 0.05) is 18.7 Å². The lowest BCUT2D eigenvalue weighted by molar-refractivity contribution is -0.116. The first kappa shape index (κ1) is 17.7. The lowest BCUT2D eigenvalue weighted by Crippen LogP contribution is -2.36. The minimum absolute atomic E-state index is 0.108. The van der Waals surface area contributed by atoms with Gasteiger partial charge in [-0.1, -0.05) is 42.5 Å². The number of nitrogens with zero attached hydrogens (tertiary/aromatic N) is 1. The monoisotopic (exact) mass is 336 g/mol. The maximum Gasteiger partial charge on any atom is 0.225 e. The summed E-state index contributed by atoms with van der Waals surface area (Å²) in [5.74, 6) is 0.886. The van der Waals surface area contributed by atoms with Crippen molar-refractivity contribution in [3.8, 4) is 0 Å². The predicted octanol–water partition coefficient (Wildman–Crippen LogP) is 4.28. The Morgan fingerprint density at radius 1 is 1.08 bits per heavy atom. The Morgan fingerprint density at radius 3 is 2.56 bits per heavy atom. The summed E-state index contributed by atoms with van der Waals surface area (Å²) in [7, 11) is 0. The quantitative estimate of drug-likeness (QED) is 0.854. The molecule has 0 bridgehead atoms. The Morgan fingerprint density at radius 2 is 1.84 bits per heavy atom. The van der Waals surface area contributed by atoms with E-state index in [1.165, 1.54) is 30.4 Å². The summed E-state index contributed by atoms with van der Waals surface area (Å²) in [6.45, 7) is 5.11. The molecule has 0 aromatic heterocycles. The third-order valence-electron chi connectivity index (χ3n) is 5.03. The van der Waals surface area contributed by atoms with E-state index in [1.807, 2.05) is 31.2 Å². The highest BCUT2D eigenvalue weighted by atomic mass is 16.1. The molecule has 1 amide bonds. The Bertz CT molecular complexity index is 675. The summed E-state index contributed by atoms with van der Waals surface area (Å²) < 4.78 is 0. The van der Waals surface area contributed by atoms with E-state index >= 15 is 0 Å². The lowest BCUT2D eigenvalue weighted by atomic mass is 9.90. The van der Waals surface area contributed by atoms with Crippen LogP contribution in [0.5, 0.6) is 0 Å². The van der Waals surface area contributed by atoms with Crippen LogP contribution in [0.25, 0.3) is 0 Å². The molecule has 0 spiro atoms. The summed E-state index contributed by atoms with van der Waals surface area (Å²) in [5.41, 5.74) is 3.50. The maximum absolute atomic E-state index is 12.1. The molecule has 0 radical (unpaired) electrons. The zero-order chi connectivity index (χ0) is 17.5. The first-order chi connectivity index (χ1) is 12.2. The number of benzene rings is 2. The number of anilines is 1. The van der Waals surface area contributed by atoms with E-state index in [4.69, 9.17) is 0 Å². The highest BCUT2D eigenvalue weighted by Gasteiger charge is 2.19. The molecule has 2 aromatic rings. The Balaban J connectivity index is 1.37. The Kier molecular flexibility index (Phi) is 6.24. The van der Waals surface area contributed by atoms with Gasteiger partial charge in [0.2, 0.25) is 5.91 Å². The molecular formula is C22H28N2O. The van der Waals surface area contributed by atoms with Crippen molar-refractivity contribution in [2.45, 2.75) is 32.6 Å². The summed E-state index contributed by atoms with van der Waals surface area (Å²) >= 11 is 0. The first-order valence-corrected chi connectivity index (χ1v) is 9.32. The average molecular weight is 336 g/mol. The Labute approximate surface area is 151 Å². The number of hydrogen-bond donors (Lipinski definition) is 1. The first-order valence-electron chi connectivity index (χ1n) is 9.32. The van der Waals surface area contributed by atoms with E-state index in [9.17, 15) is 4.79 Å². The minimum Gasteiger partial charge on any atom is -0.326 e. The standard InChI is InChI=1S/C22H28N2O/c1-18-6-5-9-21(16-18)23-22(25)12-15-24-13-10-20(11-14-24)17-19-7-3-2-4-8-19/h2-9,16,20H,10-15,17H2,1H3,(H,23,25). The van der Waals surface area contributed by atoms with E-state index in [1.54, 1.807) is 0 Å². The van der Waals surface area contributed by atoms with Crippen LogP contribution in [-0.2, 0) is 11.2 Å². The van der Waals surface area contributed by atoms with Crippen LogP contribution in [0, 0.1) is 12.8 Å². The molecule has 1 aliphatic heterocycles. The number of piperidine rings is 1. The van der Waals surface area contributed by atoms with Crippen LogP contribution in [0.2, 0.25) is 0 Å². The van der Waals surface area contributed by atoms with Gasteiger partial charge in [-0.05, 0) is 68.5 Å². The highest BCUT2D eigenvalue weighted by molar-refractivity contribution is 5.90. The smallest absolute Gasteiger partial charge is 0.225 e. The number of carbonyl (C=O) groups excluding carboxylic acids is 1. The summed E-state index contributed by atoms with van der Waals surface area (Å²) in [6, 6.07) is 18.7. The van der Waals surface area contributed by atoms with Gasteiger partial charge in [-0.15, -0.1) is 0 Å². The fraction of sp³-hybridized carbons (Fsp3) is 0.409. The van der Waals surface area contributed by atoms with Gasteiger partial charge in [-0.25, -0.2) is 0 Å². The van der Waals surface area contributed by atoms with Crippen molar-refractivity contribution in [3.63, 3.8) is 0 Å². The number of hydrogen-bond acceptors (Lipinski definition) is 2. The second kappa shape index (κ2) is 8.82. The van der Waals surface area contributed by atoms with Gasteiger partial charge in [-0.2, -0.15) is 0 Å².